The molecule has 6 nitrogen and oxygen atoms in total. The van der Waals surface area contributed by atoms with Crippen LogP contribution < -0.4 is 31.4 Å². The van der Waals surface area contributed by atoms with Crippen LogP contribution in [0.1, 0.15) is 132 Å². The first-order chi connectivity index (χ1) is 29.2. The van der Waals surface area contributed by atoms with Crippen molar-refractivity contribution in [3.05, 3.63) is 89.5 Å². The minimum atomic E-state index is 0.0343. The van der Waals surface area contributed by atoms with Gasteiger partial charge in [0.05, 0.1) is 0 Å². The highest BCUT2D eigenvalue weighted by molar-refractivity contribution is 5.72. The minimum absolute atomic E-state index is 0.0343. The lowest BCUT2D eigenvalue weighted by molar-refractivity contribution is -0.0255. The van der Waals surface area contributed by atoms with Crippen LogP contribution in [0.25, 0.3) is 0 Å². The molecule has 12 saturated carbocycles. The summed E-state index contributed by atoms with van der Waals surface area (Å²) in [7, 11) is 0. The van der Waals surface area contributed by atoms with E-state index in [2.05, 4.69) is 24.3 Å². The van der Waals surface area contributed by atoms with Gasteiger partial charge >= 0.3 is 0 Å². The number of ether oxygens (including phenoxy) is 3. The Kier molecular flexibility index (Phi) is 7.93. The predicted molar refractivity (Wildman–Crippen MR) is 239 cm³/mol. The second kappa shape index (κ2) is 13.1. The summed E-state index contributed by atoms with van der Waals surface area (Å²) in [6.45, 7) is 0. The van der Waals surface area contributed by atoms with E-state index in [1.54, 1.807) is 16.7 Å². The third-order valence-electron chi connectivity index (χ3n) is 18.4. The van der Waals surface area contributed by atoms with E-state index in [9.17, 15) is 0 Å². The minimum Gasteiger partial charge on any atom is -0.453 e. The molecule has 312 valence electrons. The van der Waals surface area contributed by atoms with Gasteiger partial charge in [-0.05, 0) is 253 Å². The standard InChI is InChI=1S/C54H63N3O3/c55-40-1-7-43(8-2-40)58-49-47(53-25-34-16-35(26-53)18-36(17-34)27-53)46(52-22-31-13-32(23-52)15-33(14-31)24-52)48(54-28-37-19-38(29-54)21-39(20-37)30-54)50(59-44-9-3-41(56)4-10-44)51(49)60-45-11-5-42(57)6-12-45/h1-12,31-39H,13-30,55-57H2. The van der Waals surface area contributed by atoms with Gasteiger partial charge in [-0.2, -0.15) is 0 Å². The second-order valence-corrected chi connectivity index (χ2v) is 22.7. The molecule has 60 heavy (non-hydrogen) atoms. The molecule has 0 heterocycles. The topological polar surface area (TPSA) is 106 Å². The Balaban J connectivity index is 1.17. The zero-order valence-corrected chi connectivity index (χ0v) is 35.3. The number of hydrogen-bond acceptors (Lipinski definition) is 6. The average molecular weight is 802 g/mol. The Bertz CT molecular complexity index is 2110. The first-order valence-electron chi connectivity index (χ1n) is 24.0. The maximum Gasteiger partial charge on any atom is 0.212 e. The Morgan fingerprint density at radius 1 is 0.300 bits per heavy atom. The fraction of sp³-hybridized carbons (Fsp3) is 0.556. The highest BCUT2D eigenvalue weighted by Crippen LogP contribution is 2.73. The first kappa shape index (κ1) is 36.3. The van der Waals surface area contributed by atoms with Gasteiger partial charge in [0.1, 0.15) is 17.2 Å². The zero-order chi connectivity index (χ0) is 40.0. The molecule has 6 N–H and O–H groups in total. The van der Waals surface area contributed by atoms with Crippen LogP contribution in [-0.2, 0) is 16.2 Å². The molecule has 0 saturated heterocycles. The van der Waals surface area contributed by atoms with Gasteiger partial charge in [0.2, 0.25) is 5.75 Å². The van der Waals surface area contributed by atoms with Gasteiger partial charge in [0, 0.05) is 39.0 Å². The van der Waals surface area contributed by atoms with Crippen LogP contribution in [0.2, 0.25) is 0 Å². The van der Waals surface area contributed by atoms with Gasteiger partial charge in [-0.25, -0.2) is 0 Å². The van der Waals surface area contributed by atoms with Crippen molar-refractivity contribution in [2.45, 2.75) is 132 Å². The van der Waals surface area contributed by atoms with Crippen LogP contribution in [0.4, 0.5) is 17.1 Å². The van der Waals surface area contributed by atoms with E-state index < -0.39 is 0 Å². The van der Waals surface area contributed by atoms with Crippen molar-refractivity contribution in [3.63, 3.8) is 0 Å². The molecule has 0 spiro atoms. The molecule has 4 aromatic carbocycles. The van der Waals surface area contributed by atoms with Crippen LogP contribution in [0.15, 0.2) is 72.8 Å². The largest absolute Gasteiger partial charge is 0.453 e. The van der Waals surface area contributed by atoms with Gasteiger partial charge in [-0.3, -0.25) is 0 Å². The van der Waals surface area contributed by atoms with E-state index in [1.165, 1.54) is 116 Å². The summed E-state index contributed by atoms with van der Waals surface area (Å²) >= 11 is 0. The number of rotatable bonds is 9. The lowest BCUT2D eigenvalue weighted by Crippen LogP contribution is -2.55. The van der Waals surface area contributed by atoms with Gasteiger partial charge in [0.25, 0.3) is 0 Å². The van der Waals surface area contributed by atoms with Crippen LogP contribution >= 0.6 is 0 Å². The molecular weight excluding hydrogens is 739 g/mol. The number of nitrogens with two attached hydrogens (primary N) is 3. The number of nitrogen functional groups attached to an aromatic ring is 3. The Morgan fingerprint density at radius 3 is 0.767 bits per heavy atom. The fourth-order valence-electron chi connectivity index (χ4n) is 17.7. The lowest BCUT2D eigenvalue weighted by atomic mass is 9.41. The first-order valence-corrected chi connectivity index (χ1v) is 24.0. The second-order valence-electron chi connectivity index (χ2n) is 22.7. The summed E-state index contributed by atoms with van der Waals surface area (Å²) in [5.74, 6) is 12.0. The summed E-state index contributed by atoms with van der Waals surface area (Å²) in [4.78, 5) is 0. The highest BCUT2D eigenvalue weighted by atomic mass is 16.5. The summed E-state index contributed by atoms with van der Waals surface area (Å²) in [6.07, 6.45) is 24.1. The molecule has 12 bridgehead atoms. The number of hydrogen-bond donors (Lipinski definition) is 3. The number of benzene rings is 4. The van der Waals surface area contributed by atoms with Crippen molar-refractivity contribution in [1.82, 2.24) is 0 Å². The van der Waals surface area contributed by atoms with E-state index in [0.717, 1.165) is 105 Å². The quantitative estimate of drug-likeness (QED) is 0.146. The van der Waals surface area contributed by atoms with Crippen molar-refractivity contribution in [2.24, 2.45) is 53.3 Å². The van der Waals surface area contributed by atoms with Crippen LogP contribution in [-0.4, -0.2) is 0 Å². The van der Waals surface area contributed by atoms with Gasteiger partial charge < -0.3 is 31.4 Å². The fourth-order valence-corrected chi connectivity index (χ4v) is 17.7. The van der Waals surface area contributed by atoms with E-state index in [0.29, 0.717) is 0 Å². The van der Waals surface area contributed by atoms with Gasteiger partial charge in [0.15, 0.2) is 11.5 Å². The van der Waals surface area contributed by atoms with E-state index in [4.69, 9.17) is 31.4 Å². The molecule has 16 rings (SSSR count). The maximum atomic E-state index is 7.65. The average Bonchev–Trinajstić information content (AvgIpc) is 3.19. The summed E-state index contributed by atoms with van der Waals surface area (Å²) < 4.78 is 22.8. The third-order valence-corrected chi connectivity index (χ3v) is 18.4. The lowest BCUT2D eigenvalue weighted by Gasteiger charge is -2.63. The van der Waals surface area contributed by atoms with Crippen molar-refractivity contribution < 1.29 is 14.2 Å². The van der Waals surface area contributed by atoms with Crippen LogP contribution in [0.5, 0.6) is 34.5 Å². The molecule has 0 radical (unpaired) electrons. The Morgan fingerprint density at radius 2 is 0.517 bits per heavy atom. The van der Waals surface area contributed by atoms with Crippen molar-refractivity contribution in [1.29, 1.82) is 0 Å². The maximum absolute atomic E-state index is 7.65. The van der Waals surface area contributed by atoms with Crippen molar-refractivity contribution in [3.8, 4) is 34.5 Å². The summed E-state index contributed by atoms with van der Waals surface area (Å²) in [5, 5.41) is 0. The molecule has 0 aromatic heterocycles. The van der Waals surface area contributed by atoms with E-state index in [1.807, 2.05) is 48.5 Å². The molecule has 0 aliphatic heterocycles. The Hall–Kier alpha value is -4.32. The molecule has 4 aromatic rings. The van der Waals surface area contributed by atoms with Crippen molar-refractivity contribution in [2.75, 3.05) is 17.2 Å². The molecule has 0 unspecified atom stereocenters. The van der Waals surface area contributed by atoms with Crippen LogP contribution in [0, 0.1) is 53.3 Å². The number of anilines is 3. The highest BCUT2D eigenvalue weighted by Gasteiger charge is 2.62. The third kappa shape index (κ3) is 5.77. The van der Waals surface area contributed by atoms with Gasteiger partial charge in [-0.1, -0.05) is 0 Å². The zero-order valence-electron chi connectivity index (χ0n) is 35.3. The molecule has 6 heteroatoms. The molecule has 12 fully saturated rings. The van der Waals surface area contributed by atoms with Crippen LogP contribution in [0.3, 0.4) is 0 Å². The van der Waals surface area contributed by atoms with E-state index in [-0.39, 0.29) is 16.2 Å². The smallest absolute Gasteiger partial charge is 0.212 e. The molecule has 0 amide bonds. The summed E-state index contributed by atoms with van der Waals surface area (Å²) in [5.41, 5.74) is 26.2. The Labute approximate surface area is 356 Å². The van der Waals surface area contributed by atoms with Crippen molar-refractivity contribution >= 4 is 17.1 Å². The molecule has 12 aliphatic carbocycles. The molecule has 12 aliphatic rings. The normalized spacial score (nSPS) is 38.7. The van der Waals surface area contributed by atoms with Gasteiger partial charge in [-0.15, -0.1) is 0 Å². The predicted octanol–water partition coefficient (Wildman–Crippen LogP) is 13.2. The van der Waals surface area contributed by atoms with E-state index >= 15 is 0 Å². The SMILES string of the molecule is Nc1ccc(Oc2c(Oc3ccc(N)cc3)c(C34CC5CC(CC(C5)C3)C4)c(C34CC5CC(CC(C5)C3)C4)c(C34CC5CC(CC(C5)C3)C4)c2Oc2ccc(N)cc2)cc1. The monoisotopic (exact) mass is 801 g/mol. The molecular formula is C54H63N3O3. The molecule has 0 atom stereocenters. The summed E-state index contributed by atoms with van der Waals surface area (Å²) in [6, 6.07) is 24.1.